The molecular weight excluding hydrogens is 386 g/mol. The summed E-state index contributed by atoms with van der Waals surface area (Å²) in [4.78, 5) is 12.1. The van der Waals surface area contributed by atoms with E-state index in [-0.39, 0.29) is 17.9 Å². The molecule has 2 saturated carbocycles. The third-order valence-corrected chi connectivity index (χ3v) is 6.87. The lowest BCUT2D eigenvalue weighted by Gasteiger charge is -2.17. The van der Waals surface area contributed by atoms with E-state index in [1.807, 2.05) is 36.4 Å². The van der Waals surface area contributed by atoms with Crippen LogP contribution in [0.1, 0.15) is 71.1 Å². The Morgan fingerprint density at radius 3 is 2.77 bits per heavy atom. The fourth-order valence-electron chi connectivity index (χ4n) is 5.21. The molecule has 0 radical (unpaired) electrons. The lowest BCUT2D eigenvalue weighted by Crippen LogP contribution is -2.17. The second-order valence-electron chi connectivity index (χ2n) is 9.33. The van der Waals surface area contributed by atoms with Crippen molar-refractivity contribution < 1.29 is 15.0 Å². The molecule has 1 amide bonds. The van der Waals surface area contributed by atoms with E-state index in [1.54, 1.807) is 0 Å². The summed E-state index contributed by atoms with van der Waals surface area (Å²) in [5, 5.41) is 23.6. The van der Waals surface area contributed by atoms with Crippen LogP contribution in [0.15, 0.2) is 54.1 Å². The minimum atomic E-state index is -0.392. The number of carbonyl (C=O) groups is 1. The maximum Gasteiger partial charge on any atom is 0.224 e. The SMILES string of the molecule is CCCCC[C@H](O)C=C[C@@H]1[C@H]2CC(=CCCCC(=O)Nc3ccccc3)C[C@H]2C[C@H]1O. The van der Waals surface area contributed by atoms with Gasteiger partial charge < -0.3 is 15.5 Å². The Labute approximate surface area is 187 Å². The topological polar surface area (TPSA) is 69.6 Å². The van der Waals surface area contributed by atoms with Crippen LogP contribution in [0, 0.1) is 17.8 Å². The summed E-state index contributed by atoms with van der Waals surface area (Å²) in [6.45, 7) is 2.17. The van der Waals surface area contributed by atoms with Crippen LogP contribution in [0.4, 0.5) is 5.69 Å². The zero-order valence-electron chi connectivity index (χ0n) is 18.9. The van der Waals surface area contributed by atoms with Crippen molar-refractivity contribution in [1.82, 2.24) is 0 Å². The van der Waals surface area contributed by atoms with Crippen molar-refractivity contribution in [3.63, 3.8) is 0 Å². The van der Waals surface area contributed by atoms with E-state index in [0.29, 0.717) is 18.3 Å². The molecule has 1 aromatic carbocycles. The van der Waals surface area contributed by atoms with Crippen LogP contribution in [0.25, 0.3) is 0 Å². The van der Waals surface area contributed by atoms with Gasteiger partial charge in [-0.15, -0.1) is 0 Å². The monoisotopic (exact) mass is 425 g/mol. The number of fused-ring (bicyclic) bond motifs is 1. The summed E-state index contributed by atoms with van der Waals surface area (Å²) in [7, 11) is 0. The average Bonchev–Trinajstić information content (AvgIpc) is 3.27. The van der Waals surface area contributed by atoms with Crippen molar-refractivity contribution >= 4 is 11.6 Å². The number of benzene rings is 1. The highest BCUT2D eigenvalue weighted by molar-refractivity contribution is 5.90. The highest BCUT2D eigenvalue weighted by Crippen LogP contribution is 2.50. The predicted octanol–water partition coefficient (Wildman–Crippen LogP) is 5.63. The lowest BCUT2D eigenvalue weighted by molar-refractivity contribution is -0.116. The van der Waals surface area contributed by atoms with Crippen LogP contribution < -0.4 is 5.32 Å². The molecule has 170 valence electrons. The Bertz CT molecular complexity index is 742. The van der Waals surface area contributed by atoms with E-state index in [9.17, 15) is 15.0 Å². The number of aliphatic hydroxyl groups is 2. The molecule has 2 aliphatic carbocycles. The molecule has 4 heteroatoms. The number of anilines is 1. The van der Waals surface area contributed by atoms with Crippen molar-refractivity contribution in [2.75, 3.05) is 5.32 Å². The quantitative estimate of drug-likeness (QED) is 0.318. The Kier molecular flexibility index (Phi) is 9.35. The second-order valence-corrected chi connectivity index (χ2v) is 9.33. The zero-order valence-corrected chi connectivity index (χ0v) is 18.9. The normalized spacial score (nSPS) is 27.6. The fourth-order valence-corrected chi connectivity index (χ4v) is 5.21. The molecule has 0 unspecified atom stereocenters. The summed E-state index contributed by atoms with van der Waals surface area (Å²) in [6, 6.07) is 9.59. The van der Waals surface area contributed by atoms with Crippen LogP contribution in [-0.2, 0) is 4.79 Å². The molecule has 4 nitrogen and oxygen atoms in total. The van der Waals surface area contributed by atoms with Gasteiger partial charge in [-0.2, -0.15) is 0 Å². The number of aliphatic hydroxyl groups excluding tert-OH is 2. The van der Waals surface area contributed by atoms with Gasteiger partial charge in [-0.05, 0) is 62.5 Å². The molecule has 0 heterocycles. The van der Waals surface area contributed by atoms with Crippen molar-refractivity contribution in [3.8, 4) is 0 Å². The lowest BCUT2D eigenvalue weighted by atomic mass is 9.90. The summed E-state index contributed by atoms with van der Waals surface area (Å²) >= 11 is 0. The first kappa shape index (κ1) is 23.7. The highest BCUT2D eigenvalue weighted by Gasteiger charge is 2.44. The Balaban J connectivity index is 1.41. The molecular formula is C27H39NO3. The van der Waals surface area contributed by atoms with E-state index in [1.165, 1.54) is 5.57 Å². The van der Waals surface area contributed by atoms with Gasteiger partial charge in [0.2, 0.25) is 5.91 Å². The Hall–Kier alpha value is -1.91. The third-order valence-electron chi connectivity index (χ3n) is 6.87. The van der Waals surface area contributed by atoms with E-state index in [0.717, 1.165) is 63.5 Å². The van der Waals surface area contributed by atoms with Gasteiger partial charge in [0.05, 0.1) is 12.2 Å². The second kappa shape index (κ2) is 12.2. The maximum atomic E-state index is 12.1. The fraction of sp³-hybridized carbons (Fsp3) is 0.593. The van der Waals surface area contributed by atoms with Crippen LogP contribution in [0.2, 0.25) is 0 Å². The van der Waals surface area contributed by atoms with E-state index in [4.69, 9.17) is 0 Å². The molecule has 2 fully saturated rings. The number of hydrogen-bond donors (Lipinski definition) is 3. The average molecular weight is 426 g/mol. The molecule has 1 aromatic rings. The standard InChI is InChI=1S/C27H39NO3/c1-2-3-5-13-23(29)15-16-24-25-18-20(17-21(25)19-26(24)30)10-8-9-14-27(31)28-22-11-6-4-7-12-22/h4,6-7,10-12,15-16,21,23-26,29-30H,2-3,5,8-9,13-14,17-19H2,1H3,(H,28,31)/t21-,23-,24+,25-,26+/m0/s1. The van der Waals surface area contributed by atoms with Gasteiger partial charge in [-0.1, -0.05) is 68.2 Å². The van der Waals surface area contributed by atoms with Crippen LogP contribution in [-0.4, -0.2) is 28.3 Å². The first-order valence-corrected chi connectivity index (χ1v) is 12.1. The van der Waals surface area contributed by atoms with E-state index >= 15 is 0 Å². The molecule has 3 N–H and O–H groups in total. The number of amides is 1. The molecule has 2 aliphatic rings. The van der Waals surface area contributed by atoms with Crippen molar-refractivity contribution in [2.45, 2.75) is 83.3 Å². The molecule has 5 atom stereocenters. The molecule has 31 heavy (non-hydrogen) atoms. The molecule has 0 aliphatic heterocycles. The highest BCUT2D eigenvalue weighted by atomic mass is 16.3. The van der Waals surface area contributed by atoms with Gasteiger partial charge in [0.1, 0.15) is 0 Å². The number of para-hydroxylation sites is 1. The van der Waals surface area contributed by atoms with Gasteiger partial charge in [0.15, 0.2) is 0 Å². The molecule has 3 rings (SSSR count). The summed E-state index contributed by atoms with van der Waals surface area (Å²) in [6.07, 6.45) is 15.1. The Morgan fingerprint density at radius 2 is 2.00 bits per heavy atom. The number of rotatable bonds is 11. The van der Waals surface area contributed by atoms with Crippen molar-refractivity contribution in [3.05, 3.63) is 54.1 Å². The maximum absolute atomic E-state index is 12.1. The molecule has 0 saturated heterocycles. The van der Waals surface area contributed by atoms with Gasteiger partial charge in [0.25, 0.3) is 0 Å². The number of carbonyl (C=O) groups excluding carboxylic acids is 1. The largest absolute Gasteiger partial charge is 0.392 e. The van der Waals surface area contributed by atoms with Crippen LogP contribution >= 0.6 is 0 Å². The van der Waals surface area contributed by atoms with Crippen LogP contribution in [0.5, 0.6) is 0 Å². The number of unbranched alkanes of at least 4 members (excludes halogenated alkanes) is 3. The summed E-state index contributed by atoms with van der Waals surface area (Å²) < 4.78 is 0. The van der Waals surface area contributed by atoms with Gasteiger partial charge in [-0.25, -0.2) is 0 Å². The van der Waals surface area contributed by atoms with Crippen molar-refractivity contribution in [2.24, 2.45) is 17.8 Å². The summed E-state index contributed by atoms with van der Waals surface area (Å²) in [5.74, 6) is 1.27. The number of allylic oxidation sites excluding steroid dienone is 2. The third kappa shape index (κ3) is 7.33. The number of hydrogen-bond acceptors (Lipinski definition) is 3. The summed E-state index contributed by atoms with van der Waals surface area (Å²) in [5.41, 5.74) is 2.33. The smallest absolute Gasteiger partial charge is 0.224 e. The van der Waals surface area contributed by atoms with Crippen LogP contribution in [0.3, 0.4) is 0 Å². The molecule has 0 spiro atoms. The number of nitrogens with one attached hydrogen (secondary N) is 1. The Morgan fingerprint density at radius 1 is 1.19 bits per heavy atom. The van der Waals surface area contributed by atoms with Crippen molar-refractivity contribution in [1.29, 1.82) is 0 Å². The first-order chi connectivity index (χ1) is 15.1. The zero-order chi connectivity index (χ0) is 22.1. The van der Waals surface area contributed by atoms with Gasteiger partial charge in [0, 0.05) is 18.0 Å². The predicted molar refractivity (Wildman–Crippen MR) is 127 cm³/mol. The first-order valence-electron chi connectivity index (χ1n) is 12.1. The van der Waals surface area contributed by atoms with Gasteiger partial charge in [-0.3, -0.25) is 4.79 Å². The van der Waals surface area contributed by atoms with Gasteiger partial charge >= 0.3 is 0 Å². The minimum Gasteiger partial charge on any atom is -0.392 e. The van der Waals surface area contributed by atoms with E-state index < -0.39 is 6.10 Å². The molecule has 0 aromatic heterocycles. The molecule has 0 bridgehead atoms. The minimum absolute atomic E-state index is 0.0682. The van der Waals surface area contributed by atoms with E-state index in [2.05, 4.69) is 24.4 Å².